The second kappa shape index (κ2) is 5.34. The number of hydrogen-bond donors (Lipinski definition) is 0. The van der Waals surface area contributed by atoms with Gasteiger partial charge in [-0.15, -0.1) is 0 Å². The summed E-state index contributed by atoms with van der Waals surface area (Å²) in [6.45, 7) is 0.704. The highest BCUT2D eigenvalue weighted by atomic mass is 35.5. The van der Waals surface area contributed by atoms with E-state index in [1.807, 2.05) is 36.2 Å². The van der Waals surface area contributed by atoms with Gasteiger partial charge in [0.15, 0.2) is 11.0 Å². The first-order valence-corrected chi connectivity index (χ1v) is 5.84. The monoisotopic (exact) mass is 267 g/mol. The van der Waals surface area contributed by atoms with Gasteiger partial charge < -0.3 is 4.90 Å². The standard InChI is InChI=1S/C12H11Cl2N3/c1-17(12-11(14)15-6-7-16-12)8-9-2-4-10(13)5-3-9/h2-7H,8H2,1H3. The summed E-state index contributed by atoms with van der Waals surface area (Å²) in [4.78, 5) is 10.1. The highest BCUT2D eigenvalue weighted by molar-refractivity contribution is 6.31. The van der Waals surface area contributed by atoms with Crippen LogP contribution in [0.4, 0.5) is 5.82 Å². The van der Waals surface area contributed by atoms with Crippen molar-refractivity contribution in [3.8, 4) is 0 Å². The Labute approximate surface area is 110 Å². The second-order valence-corrected chi connectivity index (χ2v) is 4.45. The van der Waals surface area contributed by atoms with E-state index in [0.29, 0.717) is 17.5 Å². The number of aromatic nitrogens is 2. The number of nitrogens with zero attached hydrogens (tertiary/aromatic N) is 3. The molecule has 1 heterocycles. The van der Waals surface area contributed by atoms with Gasteiger partial charge in [-0.05, 0) is 17.7 Å². The molecule has 0 saturated carbocycles. The molecule has 0 aliphatic heterocycles. The lowest BCUT2D eigenvalue weighted by molar-refractivity contribution is 0.890. The van der Waals surface area contributed by atoms with E-state index >= 15 is 0 Å². The van der Waals surface area contributed by atoms with Gasteiger partial charge in [0.1, 0.15) is 0 Å². The second-order valence-electron chi connectivity index (χ2n) is 3.65. The smallest absolute Gasteiger partial charge is 0.171 e. The number of anilines is 1. The molecule has 0 aliphatic carbocycles. The third kappa shape index (κ3) is 3.08. The molecule has 0 spiro atoms. The summed E-state index contributed by atoms with van der Waals surface area (Å²) in [7, 11) is 1.92. The normalized spacial score (nSPS) is 10.3. The van der Waals surface area contributed by atoms with Crippen molar-refractivity contribution in [1.82, 2.24) is 9.97 Å². The lowest BCUT2D eigenvalue weighted by Gasteiger charge is -2.18. The highest BCUT2D eigenvalue weighted by Crippen LogP contribution is 2.20. The topological polar surface area (TPSA) is 29.0 Å². The van der Waals surface area contributed by atoms with E-state index in [1.54, 1.807) is 12.4 Å². The van der Waals surface area contributed by atoms with E-state index in [4.69, 9.17) is 23.2 Å². The maximum Gasteiger partial charge on any atom is 0.171 e. The van der Waals surface area contributed by atoms with Gasteiger partial charge in [-0.25, -0.2) is 9.97 Å². The van der Waals surface area contributed by atoms with E-state index in [1.165, 1.54) is 0 Å². The minimum Gasteiger partial charge on any atom is -0.353 e. The van der Waals surface area contributed by atoms with Crippen LogP contribution in [0, 0.1) is 0 Å². The largest absolute Gasteiger partial charge is 0.353 e. The van der Waals surface area contributed by atoms with Crippen LogP contribution in [0.2, 0.25) is 10.2 Å². The van der Waals surface area contributed by atoms with Gasteiger partial charge in [0.2, 0.25) is 0 Å². The van der Waals surface area contributed by atoms with E-state index in [-0.39, 0.29) is 0 Å². The summed E-state index contributed by atoms with van der Waals surface area (Å²) in [6, 6.07) is 7.68. The molecule has 17 heavy (non-hydrogen) atoms. The highest BCUT2D eigenvalue weighted by Gasteiger charge is 2.08. The van der Waals surface area contributed by atoms with E-state index < -0.39 is 0 Å². The minimum atomic E-state index is 0.406. The van der Waals surface area contributed by atoms with Crippen LogP contribution in [0.25, 0.3) is 0 Å². The fraction of sp³-hybridized carbons (Fsp3) is 0.167. The zero-order chi connectivity index (χ0) is 12.3. The van der Waals surface area contributed by atoms with Crippen molar-refractivity contribution in [2.75, 3.05) is 11.9 Å². The Hall–Kier alpha value is -1.32. The first-order chi connectivity index (χ1) is 8.16. The predicted molar refractivity (Wildman–Crippen MR) is 70.6 cm³/mol. The van der Waals surface area contributed by atoms with Crippen molar-refractivity contribution in [1.29, 1.82) is 0 Å². The van der Waals surface area contributed by atoms with Crippen molar-refractivity contribution in [3.05, 3.63) is 52.4 Å². The molecule has 0 amide bonds. The Morgan fingerprint density at radius 3 is 2.35 bits per heavy atom. The molecule has 0 radical (unpaired) electrons. The Morgan fingerprint density at radius 1 is 1.06 bits per heavy atom. The number of hydrogen-bond acceptors (Lipinski definition) is 3. The van der Waals surface area contributed by atoms with Crippen molar-refractivity contribution in [3.63, 3.8) is 0 Å². The molecule has 0 saturated heterocycles. The zero-order valence-electron chi connectivity index (χ0n) is 9.27. The Kier molecular flexibility index (Phi) is 3.82. The molecular formula is C12H11Cl2N3. The van der Waals surface area contributed by atoms with Gasteiger partial charge in [-0.1, -0.05) is 35.3 Å². The van der Waals surface area contributed by atoms with Gasteiger partial charge in [-0.2, -0.15) is 0 Å². The molecule has 5 heteroatoms. The number of benzene rings is 1. The fourth-order valence-corrected chi connectivity index (χ4v) is 1.88. The van der Waals surface area contributed by atoms with Crippen LogP contribution in [-0.2, 0) is 6.54 Å². The maximum atomic E-state index is 5.97. The van der Waals surface area contributed by atoms with Gasteiger partial charge in [0.05, 0.1) is 0 Å². The molecule has 0 fully saturated rings. The minimum absolute atomic E-state index is 0.406. The zero-order valence-corrected chi connectivity index (χ0v) is 10.8. The molecule has 0 N–H and O–H groups in total. The van der Waals surface area contributed by atoms with E-state index in [2.05, 4.69) is 9.97 Å². The van der Waals surface area contributed by atoms with Gasteiger partial charge in [0, 0.05) is 31.0 Å². The average molecular weight is 268 g/mol. The Morgan fingerprint density at radius 2 is 1.71 bits per heavy atom. The fourth-order valence-electron chi connectivity index (χ4n) is 1.51. The SMILES string of the molecule is CN(Cc1ccc(Cl)cc1)c1nccnc1Cl. The third-order valence-electron chi connectivity index (χ3n) is 2.33. The van der Waals surface area contributed by atoms with E-state index in [0.717, 1.165) is 10.6 Å². The average Bonchev–Trinajstić information content (AvgIpc) is 2.32. The van der Waals surface area contributed by atoms with E-state index in [9.17, 15) is 0 Å². The van der Waals surface area contributed by atoms with Crippen molar-refractivity contribution in [2.45, 2.75) is 6.54 Å². The van der Waals surface area contributed by atoms with Crippen molar-refractivity contribution >= 4 is 29.0 Å². The maximum absolute atomic E-state index is 5.97. The predicted octanol–water partition coefficient (Wildman–Crippen LogP) is 3.42. The molecule has 1 aromatic heterocycles. The van der Waals surface area contributed by atoms with Crippen molar-refractivity contribution < 1.29 is 0 Å². The van der Waals surface area contributed by atoms with Crippen LogP contribution in [0.1, 0.15) is 5.56 Å². The quantitative estimate of drug-likeness (QED) is 0.854. The van der Waals surface area contributed by atoms with Crippen LogP contribution in [-0.4, -0.2) is 17.0 Å². The Bertz CT molecular complexity index is 499. The summed E-state index contributed by atoms with van der Waals surface area (Å²) in [5, 5.41) is 1.14. The number of rotatable bonds is 3. The summed E-state index contributed by atoms with van der Waals surface area (Å²) in [6.07, 6.45) is 3.20. The lowest BCUT2D eigenvalue weighted by Crippen LogP contribution is -2.18. The van der Waals surface area contributed by atoms with Crippen LogP contribution in [0.15, 0.2) is 36.7 Å². The van der Waals surface area contributed by atoms with Crippen LogP contribution in [0.5, 0.6) is 0 Å². The summed E-state index contributed by atoms with van der Waals surface area (Å²) in [5.74, 6) is 0.670. The molecule has 1 aromatic carbocycles. The van der Waals surface area contributed by atoms with Gasteiger partial charge in [-0.3, -0.25) is 0 Å². The molecule has 2 rings (SSSR count). The lowest BCUT2D eigenvalue weighted by atomic mass is 10.2. The Balaban J connectivity index is 2.14. The molecule has 2 aromatic rings. The summed E-state index contributed by atoms with van der Waals surface area (Å²) >= 11 is 11.8. The summed E-state index contributed by atoms with van der Waals surface area (Å²) < 4.78 is 0. The van der Waals surface area contributed by atoms with Crippen LogP contribution in [0.3, 0.4) is 0 Å². The first-order valence-electron chi connectivity index (χ1n) is 5.09. The van der Waals surface area contributed by atoms with Gasteiger partial charge in [0.25, 0.3) is 0 Å². The first kappa shape index (κ1) is 12.1. The van der Waals surface area contributed by atoms with Crippen LogP contribution < -0.4 is 4.90 Å². The molecule has 3 nitrogen and oxygen atoms in total. The van der Waals surface area contributed by atoms with Gasteiger partial charge >= 0.3 is 0 Å². The van der Waals surface area contributed by atoms with Crippen LogP contribution >= 0.6 is 23.2 Å². The molecule has 0 unspecified atom stereocenters. The third-order valence-corrected chi connectivity index (χ3v) is 2.85. The molecule has 0 bridgehead atoms. The molecule has 0 atom stereocenters. The molecule has 0 aliphatic rings. The van der Waals surface area contributed by atoms with Crippen molar-refractivity contribution in [2.24, 2.45) is 0 Å². The number of halogens is 2. The molecular weight excluding hydrogens is 257 g/mol. The summed E-state index contributed by atoms with van der Waals surface area (Å²) in [5.41, 5.74) is 1.14. The molecule has 88 valence electrons.